The van der Waals surface area contributed by atoms with E-state index in [-0.39, 0.29) is 12.8 Å². The lowest BCUT2D eigenvalue weighted by Gasteiger charge is -2.25. The molecule has 0 rings (SSSR count). The smallest absolute Gasteiger partial charge is 0.326 e. The normalized spacial score (nSPS) is 12.6. The van der Waals surface area contributed by atoms with Crippen LogP contribution in [0.5, 0.6) is 0 Å². The summed E-state index contributed by atoms with van der Waals surface area (Å²) in [5, 5.41) is 13.9. The van der Waals surface area contributed by atoms with E-state index in [9.17, 15) is 14.4 Å². The quantitative estimate of drug-likeness (QED) is 0.521. The lowest BCUT2D eigenvalue weighted by molar-refractivity contribution is -0.139. The minimum Gasteiger partial charge on any atom is -0.480 e. The van der Waals surface area contributed by atoms with Crippen LogP contribution in [0.25, 0.3) is 0 Å². The molecule has 0 saturated carbocycles. The number of rotatable bonds is 7. The number of amides is 3. The van der Waals surface area contributed by atoms with Gasteiger partial charge in [0.2, 0.25) is 5.91 Å². The molecule has 18 heavy (non-hydrogen) atoms. The van der Waals surface area contributed by atoms with Gasteiger partial charge in [-0.25, -0.2) is 9.59 Å². The monoisotopic (exact) mass is 259 g/mol. The minimum atomic E-state index is -1.19. The van der Waals surface area contributed by atoms with Gasteiger partial charge in [0.15, 0.2) is 0 Å². The number of nitrogens with one attached hydrogen (secondary N) is 2. The molecule has 0 aliphatic carbocycles. The van der Waals surface area contributed by atoms with Crippen molar-refractivity contribution in [1.29, 1.82) is 0 Å². The number of carbonyl (C=O) groups excluding carboxylic acids is 2. The highest BCUT2D eigenvalue weighted by Crippen LogP contribution is 2.06. The summed E-state index contributed by atoms with van der Waals surface area (Å²) in [7, 11) is 0. The molecule has 1 atom stereocenters. The number of carboxylic acid groups (broad SMARTS) is 1. The zero-order chi connectivity index (χ0) is 14.3. The van der Waals surface area contributed by atoms with Crippen molar-refractivity contribution in [3.8, 4) is 0 Å². The Morgan fingerprint density at radius 2 is 1.89 bits per heavy atom. The molecule has 0 aromatic carbocycles. The molecule has 0 heterocycles. The average Bonchev–Trinajstić information content (AvgIpc) is 2.22. The molecule has 0 aliphatic rings. The molecular formula is C11H21N3O4. The molecule has 0 spiro atoms. The third kappa shape index (κ3) is 6.72. The average molecular weight is 259 g/mol. The Balaban J connectivity index is 4.37. The highest BCUT2D eigenvalue weighted by molar-refractivity contribution is 5.83. The van der Waals surface area contributed by atoms with Crippen molar-refractivity contribution in [3.63, 3.8) is 0 Å². The number of aliphatic carboxylic acids is 1. The second kappa shape index (κ2) is 6.83. The molecule has 7 nitrogen and oxygen atoms in total. The number of nitrogens with two attached hydrogens (primary N) is 1. The zero-order valence-electron chi connectivity index (χ0n) is 10.9. The fraction of sp³-hybridized carbons (Fsp3) is 0.727. The number of hydrogen-bond acceptors (Lipinski definition) is 3. The van der Waals surface area contributed by atoms with Crippen LogP contribution < -0.4 is 16.4 Å². The van der Waals surface area contributed by atoms with Crippen LogP contribution in [-0.2, 0) is 9.59 Å². The molecule has 3 amide bonds. The van der Waals surface area contributed by atoms with Crippen molar-refractivity contribution in [2.75, 3.05) is 0 Å². The van der Waals surface area contributed by atoms with Crippen LogP contribution in [0.1, 0.15) is 40.0 Å². The standard InChI is InChI=1S/C11H21N3O4/c1-4-11(2,3)14-10(18)13-7(9(16)17)5-6-8(12)15/h7H,4-6H2,1-3H3,(H2,12,15)(H,16,17)(H2,13,14,18)/t7-/m1/s1. The Labute approximate surface area is 106 Å². The Morgan fingerprint density at radius 3 is 2.28 bits per heavy atom. The van der Waals surface area contributed by atoms with Crippen LogP contribution in [0.4, 0.5) is 4.79 Å². The number of urea groups is 1. The predicted octanol–water partition coefficient (Wildman–Crippen LogP) is 0.193. The molecule has 0 bridgehead atoms. The van der Waals surface area contributed by atoms with Crippen molar-refractivity contribution in [1.82, 2.24) is 10.6 Å². The molecule has 0 aromatic heterocycles. The minimum absolute atomic E-state index is 0.0232. The Morgan fingerprint density at radius 1 is 1.33 bits per heavy atom. The first kappa shape index (κ1) is 16.2. The lowest BCUT2D eigenvalue weighted by atomic mass is 10.0. The molecule has 0 radical (unpaired) electrons. The van der Waals surface area contributed by atoms with Gasteiger partial charge in [0, 0.05) is 12.0 Å². The van der Waals surface area contributed by atoms with Crippen LogP contribution in [0.3, 0.4) is 0 Å². The summed E-state index contributed by atoms with van der Waals surface area (Å²) in [6.07, 6.45) is 0.596. The number of carbonyl (C=O) groups is 3. The molecule has 104 valence electrons. The zero-order valence-corrected chi connectivity index (χ0v) is 10.9. The van der Waals surface area contributed by atoms with E-state index < -0.39 is 29.5 Å². The fourth-order valence-corrected chi connectivity index (χ4v) is 1.13. The van der Waals surface area contributed by atoms with Gasteiger partial charge in [0.05, 0.1) is 0 Å². The topological polar surface area (TPSA) is 122 Å². The van der Waals surface area contributed by atoms with Gasteiger partial charge in [-0.2, -0.15) is 0 Å². The van der Waals surface area contributed by atoms with Crippen molar-refractivity contribution >= 4 is 17.9 Å². The van der Waals surface area contributed by atoms with Gasteiger partial charge in [-0.3, -0.25) is 4.79 Å². The maximum Gasteiger partial charge on any atom is 0.326 e. The van der Waals surface area contributed by atoms with Crippen molar-refractivity contribution in [2.45, 2.75) is 51.6 Å². The fourth-order valence-electron chi connectivity index (χ4n) is 1.13. The summed E-state index contributed by atoms with van der Waals surface area (Å²) in [4.78, 5) is 33.1. The second-order valence-electron chi connectivity index (χ2n) is 4.73. The van der Waals surface area contributed by atoms with Crippen LogP contribution in [0, 0.1) is 0 Å². The van der Waals surface area contributed by atoms with E-state index in [1.165, 1.54) is 0 Å². The van der Waals surface area contributed by atoms with E-state index in [0.717, 1.165) is 0 Å². The molecule has 7 heteroatoms. The summed E-state index contributed by atoms with van der Waals surface area (Å²) in [5.41, 5.74) is 4.51. The number of primary amides is 1. The maximum absolute atomic E-state index is 11.6. The molecule has 0 aliphatic heterocycles. The van der Waals surface area contributed by atoms with Gasteiger partial charge >= 0.3 is 12.0 Å². The molecule has 5 N–H and O–H groups in total. The Bertz CT molecular complexity index is 328. The predicted molar refractivity (Wildman–Crippen MR) is 65.9 cm³/mol. The Kier molecular flexibility index (Phi) is 6.15. The third-order valence-electron chi connectivity index (χ3n) is 2.62. The van der Waals surface area contributed by atoms with E-state index in [4.69, 9.17) is 10.8 Å². The van der Waals surface area contributed by atoms with Crippen LogP contribution >= 0.6 is 0 Å². The molecule has 0 unspecified atom stereocenters. The lowest BCUT2D eigenvalue weighted by Crippen LogP contribution is -2.52. The summed E-state index contributed by atoms with van der Waals surface area (Å²) in [6, 6.07) is -1.69. The molecule has 0 fully saturated rings. The van der Waals surface area contributed by atoms with Crippen molar-refractivity contribution in [2.24, 2.45) is 5.73 Å². The molecule has 0 saturated heterocycles. The van der Waals surface area contributed by atoms with Gasteiger partial charge in [-0.05, 0) is 26.7 Å². The van der Waals surface area contributed by atoms with Crippen LogP contribution in [0.15, 0.2) is 0 Å². The summed E-state index contributed by atoms with van der Waals surface area (Å²) in [5.74, 6) is -1.79. The first-order chi connectivity index (χ1) is 8.18. The third-order valence-corrected chi connectivity index (χ3v) is 2.62. The van der Waals surface area contributed by atoms with E-state index in [0.29, 0.717) is 6.42 Å². The van der Waals surface area contributed by atoms with E-state index in [2.05, 4.69) is 10.6 Å². The van der Waals surface area contributed by atoms with E-state index >= 15 is 0 Å². The molecule has 0 aromatic rings. The highest BCUT2D eigenvalue weighted by atomic mass is 16.4. The highest BCUT2D eigenvalue weighted by Gasteiger charge is 2.23. The SMILES string of the molecule is CCC(C)(C)NC(=O)N[C@H](CCC(N)=O)C(=O)O. The van der Waals surface area contributed by atoms with Crippen LogP contribution in [0.2, 0.25) is 0 Å². The second-order valence-corrected chi connectivity index (χ2v) is 4.73. The van der Waals surface area contributed by atoms with Crippen molar-refractivity contribution in [3.05, 3.63) is 0 Å². The first-order valence-electron chi connectivity index (χ1n) is 5.77. The largest absolute Gasteiger partial charge is 0.480 e. The van der Waals surface area contributed by atoms with Gasteiger partial charge in [0.1, 0.15) is 6.04 Å². The number of carboxylic acids is 1. The van der Waals surface area contributed by atoms with Gasteiger partial charge < -0.3 is 21.5 Å². The maximum atomic E-state index is 11.6. The van der Waals surface area contributed by atoms with Gasteiger partial charge in [0.25, 0.3) is 0 Å². The first-order valence-corrected chi connectivity index (χ1v) is 5.77. The summed E-state index contributed by atoms with van der Waals surface area (Å²) >= 11 is 0. The van der Waals surface area contributed by atoms with Crippen LogP contribution in [-0.4, -0.2) is 34.6 Å². The Hall–Kier alpha value is -1.79. The van der Waals surface area contributed by atoms with Gasteiger partial charge in [-0.15, -0.1) is 0 Å². The number of hydrogen-bond donors (Lipinski definition) is 4. The van der Waals surface area contributed by atoms with E-state index in [1.807, 2.05) is 20.8 Å². The summed E-state index contributed by atoms with van der Waals surface area (Å²) < 4.78 is 0. The van der Waals surface area contributed by atoms with Gasteiger partial charge in [-0.1, -0.05) is 6.92 Å². The summed E-state index contributed by atoms with van der Waals surface area (Å²) in [6.45, 7) is 5.56. The van der Waals surface area contributed by atoms with E-state index in [1.54, 1.807) is 0 Å². The van der Waals surface area contributed by atoms with Crippen molar-refractivity contribution < 1.29 is 19.5 Å². The molecular weight excluding hydrogens is 238 g/mol.